The van der Waals surface area contributed by atoms with Crippen LogP contribution in [0.5, 0.6) is 0 Å². The lowest BCUT2D eigenvalue weighted by molar-refractivity contribution is 0.102. The number of thiazole rings is 1. The summed E-state index contributed by atoms with van der Waals surface area (Å²) in [6.45, 7) is 3.74. The molecule has 2 nitrogen and oxygen atoms in total. The lowest BCUT2D eigenvalue weighted by Gasteiger charge is -1.96. The van der Waals surface area contributed by atoms with Crippen molar-refractivity contribution in [1.82, 2.24) is 4.98 Å². The molecule has 0 aliphatic rings. The highest BCUT2D eigenvalue weighted by Crippen LogP contribution is 2.23. The molecule has 0 amide bonds. The summed E-state index contributed by atoms with van der Waals surface area (Å²) in [6.07, 6.45) is 0. The van der Waals surface area contributed by atoms with Gasteiger partial charge in [0.2, 0.25) is 0 Å². The van der Waals surface area contributed by atoms with E-state index < -0.39 is 0 Å². The summed E-state index contributed by atoms with van der Waals surface area (Å²) in [5.41, 5.74) is 0.811. The monoisotopic (exact) mass is 311 g/mol. The fraction of sp³-hybridized carbons (Fsp3) is 0.429. The molecule has 12 heavy (non-hydrogen) atoms. The van der Waals surface area contributed by atoms with E-state index in [2.05, 4.69) is 36.8 Å². The Labute approximate surface area is 91.6 Å². The van der Waals surface area contributed by atoms with Crippen molar-refractivity contribution in [2.45, 2.75) is 17.6 Å². The van der Waals surface area contributed by atoms with Crippen LogP contribution in [0.4, 0.5) is 0 Å². The predicted octanol–water partition coefficient (Wildman–Crippen LogP) is 3.06. The zero-order chi connectivity index (χ0) is 9.30. The van der Waals surface area contributed by atoms with Crippen LogP contribution in [-0.2, 0) is 0 Å². The second-order valence-electron chi connectivity index (χ2n) is 2.31. The molecule has 0 unspecified atom stereocenters. The molecule has 1 heterocycles. The Morgan fingerprint density at radius 3 is 2.42 bits per heavy atom. The minimum atomic E-state index is -0.302. The summed E-state index contributed by atoms with van der Waals surface area (Å²) in [6, 6.07) is 0. The van der Waals surface area contributed by atoms with Crippen LogP contribution in [0.3, 0.4) is 0 Å². The van der Waals surface area contributed by atoms with Crippen molar-refractivity contribution >= 4 is 49.0 Å². The van der Waals surface area contributed by atoms with Crippen LogP contribution in [0.15, 0.2) is 0 Å². The molecule has 0 spiro atoms. The largest absolute Gasteiger partial charge is 0.291 e. The molecule has 66 valence electrons. The quantitative estimate of drug-likeness (QED) is 0.620. The van der Waals surface area contributed by atoms with Gasteiger partial charge in [0, 0.05) is 0 Å². The van der Waals surface area contributed by atoms with Crippen LogP contribution in [0.2, 0.25) is 0 Å². The van der Waals surface area contributed by atoms with E-state index in [1.807, 2.05) is 13.8 Å². The van der Waals surface area contributed by atoms with Crippen molar-refractivity contribution < 1.29 is 4.79 Å². The van der Waals surface area contributed by atoms with Gasteiger partial charge in [-0.15, -0.1) is 11.3 Å². The van der Waals surface area contributed by atoms with E-state index in [1.165, 1.54) is 11.3 Å². The molecule has 5 heteroatoms. The first kappa shape index (κ1) is 10.3. The average molecular weight is 313 g/mol. The van der Waals surface area contributed by atoms with Gasteiger partial charge in [-0.25, -0.2) is 4.98 Å². The van der Waals surface area contributed by atoms with E-state index in [-0.39, 0.29) is 9.52 Å². The van der Waals surface area contributed by atoms with Crippen molar-refractivity contribution in [3.63, 3.8) is 0 Å². The number of halogens is 2. The Kier molecular flexibility index (Phi) is 3.43. The molecule has 0 aromatic carbocycles. The Hall–Kier alpha value is 0.260. The number of ketones is 1. The van der Waals surface area contributed by atoms with E-state index in [4.69, 9.17) is 0 Å². The molecule has 0 fully saturated rings. The molecule has 0 radical (unpaired) electrons. The first-order valence-electron chi connectivity index (χ1n) is 3.28. The first-order valence-corrected chi connectivity index (χ1v) is 5.93. The smallest absolute Gasteiger partial charge is 0.198 e. The van der Waals surface area contributed by atoms with E-state index in [0.717, 1.165) is 15.6 Å². The van der Waals surface area contributed by atoms with Gasteiger partial charge in [0.15, 0.2) is 5.78 Å². The van der Waals surface area contributed by atoms with Gasteiger partial charge in [-0.2, -0.15) is 0 Å². The molecule has 0 atom stereocenters. The third-order valence-electron chi connectivity index (χ3n) is 1.33. The Balaban J connectivity index is 3.02. The van der Waals surface area contributed by atoms with Gasteiger partial charge in [-0.3, -0.25) is 4.79 Å². The number of rotatable bonds is 2. The van der Waals surface area contributed by atoms with Gasteiger partial charge in [-0.1, -0.05) is 31.9 Å². The van der Waals surface area contributed by atoms with E-state index in [0.29, 0.717) is 0 Å². The maximum Gasteiger partial charge on any atom is 0.198 e. The third-order valence-corrected chi connectivity index (χ3v) is 3.24. The minimum absolute atomic E-state index is 0.0399. The van der Waals surface area contributed by atoms with Gasteiger partial charge in [0.25, 0.3) is 0 Å². The summed E-state index contributed by atoms with van der Waals surface area (Å²) in [4.78, 5) is 16.4. The summed E-state index contributed by atoms with van der Waals surface area (Å²) in [5.74, 6) is 0.0399. The number of hydrogen-bond donors (Lipinski definition) is 0. The number of aryl methyl sites for hydroxylation is 2. The number of hydrogen-bond acceptors (Lipinski definition) is 3. The van der Waals surface area contributed by atoms with Gasteiger partial charge < -0.3 is 0 Å². The Morgan fingerprint density at radius 2 is 2.08 bits per heavy atom. The standard InChI is InChI=1S/C7H7Br2NOS/c1-3-6(5(11)7(8)9)12-4(2)10-3/h7H,1-2H3. The molecule has 1 aromatic heterocycles. The maximum atomic E-state index is 11.5. The number of alkyl halides is 2. The zero-order valence-corrected chi connectivity index (χ0v) is 10.6. The molecule has 1 aromatic rings. The molecular weight excluding hydrogens is 306 g/mol. The molecule has 0 saturated heterocycles. The maximum absolute atomic E-state index is 11.5. The highest BCUT2D eigenvalue weighted by atomic mass is 79.9. The van der Waals surface area contributed by atoms with E-state index in [9.17, 15) is 4.79 Å². The zero-order valence-electron chi connectivity index (χ0n) is 6.60. The summed E-state index contributed by atoms with van der Waals surface area (Å²) >= 11 is 7.76. The Bertz CT molecular complexity index is 308. The van der Waals surface area contributed by atoms with Gasteiger partial charge in [0.1, 0.15) is 3.74 Å². The SMILES string of the molecule is Cc1nc(C)c(C(=O)C(Br)Br)s1. The number of nitrogens with zero attached hydrogens (tertiary/aromatic N) is 1. The average Bonchev–Trinajstić information content (AvgIpc) is 2.28. The van der Waals surface area contributed by atoms with Crippen LogP contribution in [0.25, 0.3) is 0 Å². The Morgan fingerprint density at radius 1 is 1.50 bits per heavy atom. The topological polar surface area (TPSA) is 30.0 Å². The summed E-state index contributed by atoms with van der Waals surface area (Å²) in [7, 11) is 0. The third kappa shape index (κ3) is 2.14. The predicted molar refractivity (Wildman–Crippen MR) is 57.6 cm³/mol. The number of Topliss-reactive ketones (excluding diaryl/α,β-unsaturated/α-hetero) is 1. The molecule has 1 rings (SSSR count). The molecule has 0 aliphatic heterocycles. The van der Waals surface area contributed by atoms with Crippen molar-refractivity contribution in [2.75, 3.05) is 0 Å². The van der Waals surface area contributed by atoms with Crippen LogP contribution < -0.4 is 0 Å². The van der Waals surface area contributed by atoms with Gasteiger partial charge in [-0.05, 0) is 13.8 Å². The molecule has 0 N–H and O–H groups in total. The number of aromatic nitrogens is 1. The fourth-order valence-corrected chi connectivity index (χ4v) is 2.51. The van der Waals surface area contributed by atoms with Crippen LogP contribution >= 0.6 is 43.2 Å². The summed E-state index contributed by atoms with van der Waals surface area (Å²) in [5, 5.41) is 0.927. The minimum Gasteiger partial charge on any atom is -0.291 e. The molecule has 0 aliphatic carbocycles. The van der Waals surface area contributed by atoms with Crippen molar-refractivity contribution in [3.05, 3.63) is 15.6 Å². The second kappa shape index (κ2) is 3.98. The van der Waals surface area contributed by atoms with Crippen molar-refractivity contribution in [3.8, 4) is 0 Å². The van der Waals surface area contributed by atoms with Crippen LogP contribution in [-0.4, -0.2) is 14.5 Å². The summed E-state index contributed by atoms with van der Waals surface area (Å²) < 4.78 is -0.302. The van der Waals surface area contributed by atoms with Crippen molar-refractivity contribution in [1.29, 1.82) is 0 Å². The fourth-order valence-electron chi connectivity index (χ4n) is 0.859. The number of carbonyl (C=O) groups excluding carboxylic acids is 1. The highest BCUT2D eigenvalue weighted by molar-refractivity contribution is 9.25. The van der Waals surface area contributed by atoms with E-state index >= 15 is 0 Å². The molecular formula is C7H7Br2NOS. The highest BCUT2D eigenvalue weighted by Gasteiger charge is 2.18. The molecule has 0 saturated carbocycles. The van der Waals surface area contributed by atoms with Crippen LogP contribution in [0, 0.1) is 13.8 Å². The van der Waals surface area contributed by atoms with E-state index in [1.54, 1.807) is 0 Å². The van der Waals surface area contributed by atoms with Gasteiger partial charge in [0.05, 0.1) is 15.6 Å². The van der Waals surface area contributed by atoms with Crippen molar-refractivity contribution in [2.24, 2.45) is 0 Å². The molecule has 0 bridgehead atoms. The lowest BCUT2D eigenvalue weighted by Crippen LogP contribution is -2.06. The van der Waals surface area contributed by atoms with Gasteiger partial charge >= 0.3 is 0 Å². The first-order chi connectivity index (χ1) is 5.52. The van der Waals surface area contributed by atoms with Crippen LogP contribution in [0.1, 0.15) is 20.4 Å². The normalized spacial score (nSPS) is 10.8. The lowest BCUT2D eigenvalue weighted by atomic mass is 10.3. The second-order valence-corrected chi connectivity index (χ2v) is 6.58. The number of carbonyl (C=O) groups is 1.